The van der Waals surface area contributed by atoms with Crippen molar-refractivity contribution >= 4 is 43.3 Å². The number of sulfone groups is 1. The van der Waals surface area contributed by atoms with E-state index in [9.17, 15) is 8.42 Å². The van der Waals surface area contributed by atoms with Gasteiger partial charge in [0.15, 0.2) is 9.84 Å². The first-order valence-corrected chi connectivity index (χ1v) is 10.6. The predicted molar refractivity (Wildman–Crippen MR) is 89.5 cm³/mol. The summed E-state index contributed by atoms with van der Waals surface area (Å²) in [6.07, 6.45) is 1.81. The van der Waals surface area contributed by atoms with E-state index >= 15 is 0 Å². The molecule has 20 heavy (non-hydrogen) atoms. The summed E-state index contributed by atoms with van der Waals surface area (Å²) in [5.41, 5.74) is 2.14. The molecule has 1 aliphatic heterocycles. The third-order valence-corrected chi connectivity index (χ3v) is 7.37. The van der Waals surface area contributed by atoms with E-state index in [0.717, 1.165) is 34.6 Å². The number of hydrogen-bond acceptors (Lipinski definition) is 5. The fourth-order valence-corrected chi connectivity index (χ4v) is 5.59. The quantitative estimate of drug-likeness (QED) is 0.753. The van der Waals surface area contributed by atoms with E-state index in [1.165, 1.54) is 0 Å². The standard InChI is InChI=1S/C13H19BrN2O2S2/c1-3-20(17,18)12-9-19-5-4-16(12)13-10(2)6-11(7-14)8-15-13/h6,8,12H,3-5,7,9H2,1-2H3. The first-order valence-electron chi connectivity index (χ1n) is 6.57. The number of alkyl halides is 1. The number of pyridine rings is 1. The Morgan fingerprint density at radius 2 is 2.30 bits per heavy atom. The highest BCUT2D eigenvalue weighted by molar-refractivity contribution is 9.08. The topological polar surface area (TPSA) is 50.3 Å². The molecule has 1 fully saturated rings. The van der Waals surface area contributed by atoms with Crippen molar-refractivity contribution in [1.82, 2.24) is 4.98 Å². The van der Waals surface area contributed by atoms with Gasteiger partial charge in [0, 0.05) is 35.3 Å². The van der Waals surface area contributed by atoms with Gasteiger partial charge < -0.3 is 4.90 Å². The van der Waals surface area contributed by atoms with Crippen LogP contribution >= 0.6 is 27.7 Å². The zero-order valence-corrected chi connectivity index (χ0v) is 14.9. The van der Waals surface area contributed by atoms with Crippen molar-refractivity contribution in [2.24, 2.45) is 0 Å². The van der Waals surface area contributed by atoms with E-state index in [1.54, 1.807) is 18.7 Å². The van der Waals surface area contributed by atoms with Gasteiger partial charge in [0.2, 0.25) is 0 Å². The molecule has 0 amide bonds. The Hall–Kier alpha value is -0.270. The van der Waals surface area contributed by atoms with Crippen LogP contribution in [0.1, 0.15) is 18.1 Å². The second-order valence-corrected chi connectivity index (χ2v) is 8.95. The van der Waals surface area contributed by atoms with Gasteiger partial charge in [-0.3, -0.25) is 0 Å². The van der Waals surface area contributed by atoms with Crippen LogP contribution in [0.5, 0.6) is 0 Å². The van der Waals surface area contributed by atoms with Gasteiger partial charge in [-0.15, -0.1) is 0 Å². The smallest absolute Gasteiger partial charge is 0.171 e. The van der Waals surface area contributed by atoms with Crippen LogP contribution in [-0.2, 0) is 15.2 Å². The van der Waals surface area contributed by atoms with Crippen molar-refractivity contribution in [3.8, 4) is 0 Å². The summed E-state index contributed by atoms with van der Waals surface area (Å²) in [5, 5.41) is 0.306. The molecular weight excluding hydrogens is 360 g/mol. The largest absolute Gasteiger partial charge is 0.338 e. The van der Waals surface area contributed by atoms with Crippen LogP contribution in [-0.4, -0.2) is 42.6 Å². The van der Waals surface area contributed by atoms with E-state index in [1.807, 2.05) is 18.0 Å². The molecule has 4 nitrogen and oxygen atoms in total. The molecule has 0 saturated carbocycles. The molecule has 0 N–H and O–H groups in total. The van der Waals surface area contributed by atoms with Crippen molar-refractivity contribution in [3.63, 3.8) is 0 Å². The lowest BCUT2D eigenvalue weighted by atomic mass is 10.2. The average Bonchev–Trinajstić information content (AvgIpc) is 2.47. The highest BCUT2D eigenvalue weighted by Gasteiger charge is 2.34. The molecule has 1 aromatic heterocycles. The molecule has 7 heteroatoms. The molecule has 0 bridgehead atoms. The highest BCUT2D eigenvalue weighted by atomic mass is 79.9. The number of thioether (sulfide) groups is 1. The molecule has 1 saturated heterocycles. The molecule has 0 spiro atoms. The van der Waals surface area contributed by atoms with Gasteiger partial charge in [0.1, 0.15) is 11.2 Å². The number of hydrogen-bond donors (Lipinski definition) is 0. The van der Waals surface area contributed by atoms with Gasteiger partial charge in [-0.05, 0) is 18.1 Å². The average molecular weight is 379 g/mol. The van der Waals surface area contributed by atoms with Gasteiger partial charge in [0.05, 0.1) is 0 Å². The minimum Gasteiger partial charge on any atom is -0.338 e. The summed E-state index contributed by atoms with van der Waals surface area (Å²) in [5.74, 6) is 2.54. The maximum atomic E-state index is 12.3. The Balaban J connectivity index is 2.38. The fraction of sp³-hybridized carbons (Fsp3) is 0.615. The van der Waals surface area contributed by atoms with Crippen LogP contribution in [0.25, 0.3) is 0 Å². The normalized spacial score (nSPS) is 20.1. The van der Waals surface area contributed by atoms with Crippen molar-refractivity contribution in [2.45, 2.75) is 24.6 Å². The zero-order valence-electron chi connectivity index (χ0n) is 11.7. The summed E-state index contributed by atoms with van der Waals surface area (Å²) in [7, 11) is -3.10. The first-order chi connectivity index (χ1) is 9.49. The van der Waals surface area contributed by atoms with Crippen molar-refractivity contribution in [2.75, 3.05) is 28.7 Å². The monoisotopic (exact) mass is 378 g/mol. The summed E-state index contributed by atoms with van der Waals surface area (Å²) in [6, 6.07) is 2.06. The second kappa shape index (κ2) is 6.66. The van der Waals surface area contributed by atoms with Crippen LogP contribution in [0.15, 0.2) is 12.3 Å². The molecular formula is C13H19BrN2O2S2. The number of rotatable bonds is 4. The van der Waals surface area contributed by atoms with Crippen LogP contribution in [0.2, 0.25) is 0 Å². The molecule has 112 valence electrons. The van der Waals surface area contributed by atoms with E-state index in [-0.39, 0.29) is 5.75 Å². The molecule has 1 aliphatic rings. The predicted octanol–water partition coefficient (Wildman–Crippen LogP) is 2.60. The third kappa shape index (κ3) is 3.31. The van der Waals surface area contributed by atoms with Gasteiger partial charge >= 0.3 is 0 Å². The number of aromatic nitrogens is 1. The maximum Gasteiger partial charge on any atom is 0.171 e. The summed E-state index contributed by atoms with van der Waals surface area (Å²) < 4.78 is 24.6. The van der Waals surface area contributed by atoms with Gasteiger partial charge in [-0.2, -0.15) is 11.8 Å². The lowest BCUT2D eigenvalue weighted by Crippen LogP contribution is -2.48. The van der Waals surface area contributed by atoms with Crippen LogP contribution in [0.4, 0.5) is 5.82 Å². The van der Waals surface area contributed by atoms with E-state index in [4.69, 9.17) is 0 Å². The van der Waals surface area contributed by atoms with Crippen LogP contribution in [0, 0.1) is 6.92 Å². The maximum absolute atomic E-state index is 12.3. The van der Waals surface area contributed by atoms with E-state index in [0.29, 0.717) is 5.75 Å². The van der Waals surface area contributed by atoms with Crippen molar-refractivity contribution in [1.29, 1.82) is 0 Å². The number of nitrogens with zero attached hydrogens (tertiary/aromatic N) is 2. The Morgan fingerprint density at radius 1 is 1.55 bits per heavy atom. The molecule has 0 aliphatic carbocycles. The molecule has 0 aromatic carbocycles. The summed E-state index contributed by atoms with van der Waals surface area (Å²) in [6.45, 7) is 4.43. The summed E-state index contributed by atoms with van der Waals surface area (Å²) >= 11 is 5.12. The number of halogens is 1. The van der Waals surface area contributed by atoms with Gasteiger partial charge in [-0.1, -0.05) is 28.9 Å². The molecule has 2 rings (SSSR count). The van der Waals surface area contributed by atoms with Crippen molar-refractivity contribution in [3.05, 3.63) is 23.4 Å². The minimum atomic E-state index is -3.10. The molecule has 2 heterocycles. The van der Waals surface area contributed by atoms with Crippen LogP contribution in [0.3, 0.4) is 0 Å². The Bertz CT molecular complexity index is 578. The number of anilines is 1. The Kier molecular flexibility index (Phi) is 5.36. The van der Waals surface area contributed by atoms with E-state index in [2.05, 4.69) is 27.0 Å². The molecule has 1 atom stereocenters. The Labute approximate surface area is 133 Å². The zero-order chi connectivity index (χ0) is 14.8. The Morgan fingerprint density at radius 3 is 2.90 bits per heavy atom. The van der Waals surface area contributed by atoms with Gasteiger partial charge in [0.25, 0.3) is 0 Å². The minimum absolute atomic E-state index is 0.174. The fourth-order valence-electron chi connectivity index (χ4n) is 2.31. The van der Waals surface area contributed by atoms with Gasteiger partial charge in [-0.25, -0.2) is 13.4 Å². The molecule has 0 radical (unpaired) electrons. The lowest BCUT2D eigenvalue weighted by molar-refractivity contribution is 0.578. The second-order valence-electron chi connectivity index (χ2n) is 4.79. The summed E-state index contributed by atoms with van der Waals surface area (Å²) in [4.78, 5) is 6.45. The SMILES string of the molecule is CCS(=O)(=O)C1CSCCN1c1ncc(CBr)cc1C. The van der Waals surface area contributed by atoms with Crippen molar-refractivity contribution < 1.29 is 8.42 Å². The lowest BCUT2D eigenvalue weighted by Gasteiger charge is -2.36. The molecule has 1 unspecified atom stereocenters. The molecule has 1 aromatic rings. The third-order valence-electron chi connectivity index (χ3n) is 3.44. The van der Waals surface area contributed by atoms with E-state index < -0.39 is 15.2 Å². The highest BCUT2D eigenvalue weighted by Crippen LogP contribution is 2.28. The number of aryl methyl sites for hydroxylation is 1. The van der Waals surface area contributed by atoms with Crippen LogP contribution < -0.4 is 4.90 Å². The first kappa shape index (κ1) is 16.1.